The average molecular weight is 608 g/mol. The predicted octanol–water partition coefficient (Wildman–Crippen LogP) is 4.03. The van der Waals surface area contributed by atoms with E-state index in [4.69, 9.17) is 4.74 Å². The van der Waals surface area contributed by atoms with E-state index in [9.17, 15) is 13.5 Å². The molecule has 3 N–H and O–H groups in total. The summed E-state index contributed by atoms with van der Waals surface area (Å²) >= 11 is 0. The highest BCUT2D eigenvalue weighted by Crippen LogP contribution is 2.36. The molecule has 0 atom stereocenters. The topological polar surface area (TPSA) is 162 Å². The molecule has 0 amide bonds. The van der Waals surface area contributed by atoms with Crippen molar-refractivity contribution >= 4 is 27.3 Å². The number of nitrogens with one attached hydrogen (secondary N) is 2. The molecule has 13 nitrogen and oxygen atoms in total. The van der Waals surface area contributed by atoms with Gasteiger partial charge in [-0.3, -0.25) is 0 Å². The molecule has 4 heterocycles. The molecule has 228 valence electrons. The Kier molecular flexibility index (Phi) is 7.92. The zero-order valence-corrected chi connectivity index (χ0v) is 25.3. The number of nitrogens with zero attached hydrogens (tertiary/aromatic N) is 7. The number of pyridine rings is 1. The van der Waals surface area contributed by atoms with Crippen molar-refractivity contribution < 1.29 is 18.3 Å². The molecule has 43 heavy (non-hydrogen) atoms. The summed E-state index contributed by atoms with van der Waals surface area (Å²) < 4.78 is 33.1. The molecule has 4 aromatic heterocycles. The zero-order chi connectivity index (χ0) is 30.2. The van der Waals surface area contributed by atoms with Crippen molar-refractivity contribution in [2.24, 2.45) is 5.92 Å². The van der Waals surface area contributed by atoms with Gasteiger partial charge in [0.05, 0.1) is 34.5 Å². The molecular formula is C29H37N9O4S. The van der Waals surface area contributed by atoms with Crippen LogP contribution in [-0.2, 0) is 21.5 Å². The third-order valence-electron chi connectivity index (χ3n) is 8.10. The van der Waals surface area contributed by atoms with Gasteiger partial charge in [0, 0.05) is 49.1 Å². The van der Waals surface area contributed by atoms with Gasteiger partial charge in [-0.25, -0.2) is 28.1 Å². The summed E-state index contributed by atoms with van der Waals surface area (Å²) in [5.74, 6) is 1.70. The summed E-state index contributed by atoms with van der Waals surface area (Å²) in [5.41, 5.74) is 2.34. The second-order valence-corrected chi connectivity index (χ2v) is 13.9. The van der Waals surface area contributed by atoms with Crippen LogP contribution < -0.4 is 10.6 Å². The van der Waals surface area contributed by atoms with Gasteiger partial charge in [0.2, 0.25) is 0 Å². The highest BCUT2D eigenvalue weighted by atomic mass is 32.2. The fourth-order valence-corrected chi connectivity index (χ4v) is 6.97. The van der Waals surface area contributed by atoms with Crippen molar-refractivity contribution in [3.63, 3.8) is 0 Å². The molecule has 4 aromatic rings. The molecule has 0 aromatic carbocycles. The standard InChI is InChI=1S/C29H37N9O4S/c1-29(2,39)20-4-6-21(7-5-20)33-25-14-27(31-16-23(25)24-11-13-37(36-24)18-42-3)34-26-10-12-30-28(35-26)19-15-32-38(17-19)43(40,41)22-8-9-22/h10-17,20-22,39H,4-9,18H2,1-3H3,(H2,30,31,33,34,35). The van der Waals surface area contributed by atoms with Crippen molar-refractivity contribution in [2.75, 3.05) is 17.7 Å². The molecule has 14 heteroatoms. The normalized spacial score (nSPS) is 19.3. The molecule has 2 aliphatic carbocycles. The maximum atomic E-state index is 12.6. The summed E-state index contributed by atoms with van der Waals surface area (Å²) in [6, 6.07) is 5.83. The molecular weight excluding hydrogens is 570 g/mol. The van der Waals surface area contributed by atoms with E-state index in [0.29, 0.717) is 42.6 Å². The highest BCUT2D eigenvalue weighted by Gasteiger charge is 2.38. The van der Waals surface area contributed by atoms with Crippen LogP contribution in [0, 0.1) is 5.92 Å². The minimum absolute atomic E-state index is 0.239. The van der Waals surface area contributed by atoms with Gasteiger partial charge in [0.25, 0.3) is 10.0 Å². The smallest absolute Gasteiger partial charge is 0.256 e. The lowest BCUT2D eigenvalue weighted by atomic mass is 9.77. The molecule has 0 radical (unpaired) electrons. The van der Waals surface area contributed by atoms with Crippen LogP contribution in [0.3, 0.4) is 0 Å². The largest absolute Gasteiger partial charge is 0.390 e. The number of aliphatic hydroxyl groups is 1. The number of ether oxygens (including phenoxy) is 1. The van der Waals surface area contributed by atoms with Gasteiger partial charge in [0.15, 0.2) is 5.82 Å². The lowest BCUT2D eigenvalue weighted by Crippen LogP contribution is -2.37. The summed E-state index contributed by atoms with van der Waals surface area (Å²) in [6.07, 6.45) is 13.3. The molecule has 2 saturated carbocycles. The molecule has 2 fully saturated rings. The zero-order valence-electron chi connectivity index (χ0n) is 24.5. The lowest BCUT2D eigenvalue weighted by Gasteiger charge is -2.36. The molecule has 0 unspecified atom stereocenters. The average Bonchev–Trinajstić information content (AvgIpc) is 3.54. The highest BCUT2D eigenvalue weighted by molar-refractivity contribution is 7.90. The van der Waals surface area contributed by atoms with Crippen LogP contribution in [0.4, 0.5) is 17.3 Å². The fourth-order valence-electron chi connectivity index (χ4n) is 5.50. The van der Waals surface area contributed by atoms with Crippen LogP contribution in [-0.4, -0.2) is 71.4 Å². The van der Waals surface area contributed by atoms with Gasteiger partial charge in [-0.2, -0.15) is 14.3 Å². The fraction of sp³-hybridized carbons (Fsp3) is 0.483. The van der Waals surface area contributed by atoms with Gasteiger partial charge >= 0.3 is 0 Å². The van der Waals surface area contributed by atoms with E-state index < -0.39 is 15.6 Å². The number of anilines is 3. The Balaban J connectivity index is 1.24. The van der Waals surface area contributed by atoms with Crippen LogP contribution >= 0.6 is 0 Å². The van der Waals surface area contributed by atoms with Gasteiger partial charge in [-0.15, -0.1) is 0 Å². The molecule has 0 bridgehead atoms. The second-order valence-electron chi connectivity index (χ2n) is 11.9. The first-order valence-electron chi connectivity index (χ1n) is 14.5. The van der Waals surface area contributed by atoms with E-state index in [2.05, 4.69) is 35.8 Å². The van der Waals surface area contributed by atoms with Crippen LogP contribution in [0.5, 0.6) is 0 Å². The van der Waals surface area contributed by atoms with Crippen LogP contribution in [0.1, 0.15) is 52.4 Å². The third-order valence-corrected chi connectivity index (χ3v) is 10.1. The Labute approximate surface area is 250 Å². The van der Waals surface area contributed by atoms with Crippen molar-refractivity contribution in [2.45, 2.75) is 76.0 Å². The Morgan fingerprint density at radius 1 is 1.07 bits per heavy atom. The Hall–Kier alpha value is -3.88. The number of hydrogen-bond donors (Lipinski definition) is 3. The minimum Gasteiger partial charge on any atom is -0.390 e. The van der Waals surface area contributed by atoms with Gasteiger partial charge in [-0.05, 0) is 70.4 Å². The summed E-state index contributed by atoms with van der Waals surface area (Å²) in [5, 5.41) is 25.8. The minimum atomic E-state index is -3.48. The predicted molar refractivity (Wildman–Crippen MR) is 162 cm³/mol. The van der Waals surface area contributed by atoms with E-state index in [1.165, 1.54) is 12.4 Å². The van der Waals surface area contributed by atoms with Crippen molar-refractivity contribution in [3.8, 4) is 22.6 Å². The first-order chi connectivity index (χ1) is 20.6. The number of methoxy groups -OCH3 is 1. The van der Waals surface area contributed by atoms with Crippen LogP contribution in [0.2, 0.25) is 0 Å². The number of rotatable bonds is 11. The SMILES string of the molecule is COCn1ccc(-c2cnc(Nc3ccnc(-c4cnn(S(=O)(=O)C5CC5)c4)n3)cc2NC2CCC(C(C)(C)O)CC2)n1. The second kappa shape index (κ2) is 11.7. The maximum absolute atomic E-state index is 12.6. The maximum Gasteiger partial charge on any atom is 0.256 e. The molecule has 0 spiro atoms. The van der Waals surface area contributed by atoms with E-state index in [1.807, 2.05) is 32.2 Å². The summed E-state index contributed by atoms with van der Waals surface area (Å²) in [6.45, 7) is 4.13. The van der Waals surface area contributed by atoms with Crippen molar-refractivity contribution in [3.05, 3.63) is 49.2 Å². The quantitative estimate of drug-likeness (QED) is 0.226. The lowest BCUT2D eigenvalue weighted by molar-refractivity contribution is -0.000391. The number of hydrogen-bond acceptors (Lipinski definition) is 11. The molecule has 0 aliphatic heterocycles. The van der Waals surface area contributed by atoms with Crippen LogP contribution in [0.15, 0.2) is 49.2 Å². The Morgan fingerprint density at radius 2 is 1.86 bits per heavy atom. The molecule has 2 aliphatic rings. The summed E-state index contributed by atoms with van der Waals surface area (Å²) in [4.78, 5) is 13.6. The van der Waals surface area contributed by atoms with E-state index in [-0.39, 0.29) is 17.2 Å². The van der Waals surface area contributed by atoms with E-state index in [0.717, 1.165) is 46.7 Å². The number of aromatic nitrogens is 7. The molecule has 0 saturated heterocycles. The van der Waals surface area contributed by atoms with Gasteiger partial charge in [0.1, 0.15) is 18.4 Å². The molecule has 6 rings (SSSR count). The van der Waals surface area contributed by atoms with E-state index >= 15 is 0 Å². The summed E-state index contributed by atoms with van der Waals surface area (Å²) in [7, 11) is -1.85. The third kappa shape index (κ3) is 6.55. The van der Waals surface area contributed by atoms with Crippen molar-refractivity contribution in [1.29, 1.82) is 0 Å². The van der Waals surface area contributed by atoms with Gasteiger partial charge < -0.3 is 20.5 Å². The monoisotopic (exact) mass is 607 g/mol. The van der Waals surface area contributed by atoms with E-state index in [1.54, 1.807) is 30.3 Å². The van der Waals surface area contributed by atoms with Gasteiger partial charge in [-0.1, -0.05) is 0 Å². The Bertz CT molecular complexity index is 1680. The first kappa shape index (κ1) is 29.2. The van der Waals surface area contributed by atoms with Crippen molar-refractivity contribution in [1.82, 2.24) is 33.9 Å². The Morgan fingerprint density at radius 3 is 2.58 bits per heavy atom. The van der Waals surface area contributed by atoms with Crippen LogP contribution in [0.25, 0.3) is 22.6 Å². The first-order valence-corrected chi connectivity index (χ1v) is 16.0.